The first-order chi connectivity index (χ1) is 9.99. The predicted molar refractivity (Wildman–Crippen MR) is 74.7 cm³/mol. The van der Waals surface area contributed by atoms with Gasteiger partial charge in [-0.15, -0.1) is 0 Å². The summed E-state index contributed by atoms with van der Waals surface area (Å²) in [5.74, 6) is -1.82. The molecule has 7 heteroatoms. The Bertz CT molecular complexity index is 620. The van der Waals surface area contributed by atoms with Crippen molar-refractivity contribution in [1.29, 1.82) is 0 Å². The van der Waals surface area contributed by atoms with Gasteiger partial charge in [0.25, 0.3) is 0 Å². The highest BCUT2D eigenvalue weighted by molar-refractivity contribution is 6.00. The molecule has 2 saturated heterocycles. The second kappa shape index (κ2) is 4.91. The maximum absolute atomic E-state index is 13.5. The van der Waals surface area contributed by atoms with Crippen LogP contribution in [-0.2, 0) is 4.79 Å². The molecule has 2 fully saturated rings. The summed E-state index contributed by atoms with van der Waals surface area (Å²) in [7, 11) is 0. The van der Waals surface area contributed by atoms with Crippen molar-refractivity contribution in [1.82, 2.24) is 4.90 Å². The SMILES string of the molecule is Nc1c(F)ccc(N2CCN3C(=O)CCC3C2)c1C(=O)O. The number of nitrogens with zero attached hydrogens (tertiary/aromatic N) is 2. The summed E-state index contributed by atoms with van der Waals surface area (Å²) in [6.45, 7) is 1.63. The topological polar surface area (TPSA) is 86.9 Å². The van der Waals surface area contributed by atoms with Crippen LogP contribution in [0.4, 0.5) is 15.8 Å². The Morgan fingerprint density at radius 1 is 1.38 bits per heavy atom. The summed E-state index contributed by atoms with van der Waals surface area (Å²) in [5, 5.41) is 9.29. The van der Waals surface area contributed by atoms with E-state index < -0.39 is 11.8 Å². The van der Waals surface area contributed by atoms with E-state index in [1.165, 1.54) is 12.1 Å². The zero-order chi connectivity index (χ0) is 15.1. The Kier molecular flexibility index (Phi) is 3.19. The number of nitrogen functional groups attached to an aromatic ring is 1. The molecule has 0 saturated carbocycles. The molecule has 2 heterocycles. The van der Waals surface area contributed by atoms with Gasteiger partial charge in [-0.1, -0.05) is 0 Å². The maximum atomic E-state index is 13.5. The maximum Gasteiger partial charge on any atom is 0.340 e. The summed E-state index contributed by atoms with van der Waals surface area (Å²) in [5.41, 5.74) is 5.45. The van der Waals surface area contributed by atoms with Crippen LogP contribution in [0.15, 0.2) is 12.1 Å². The number of carbonyl (C=O) groups excluding carboxylic acids is 1. The first kappa shape index (κ1) is 13.7. The Labute approximate surface area is 120 Å². The van der Waals surface area contributed by atoms with Gasteiger partial charge in [0.05, 0.1) is 11.4 Å². The Morgan fingerprint density at radius 3 is 2.86 bits per heavy atom. The number of anilines is 2. The van der Waals surface area contributed by atoms with Crippen LogP contribution >= 0.6 is 0 Å². The number of carboxylic acid groups (broad SMARTS) is 1. The van der Waals surface area contributed by atoms with Gasteiger partial charge in [0.15, 0.2) is 0 Å². The van der Waals surface area contributed by atoms with E-state index in [4.69, 9.17) is 5.73 Å². The largest absolute Gasteiger partial charge is 0.478 e. The Morgan fingerprint density at radius 2 is 2.14 bits per heavy atom. The third-order valence-corrected chi connectivity index (χ3v) is 4.22. The first-order valence-corrected chi connectivity index (χ1v) is 6.84. The average molecular weight is 293 g/mol. The van der Waals surface area contributed by atoms with Crippen molar-refractivity contribution in [2.24, 2.45) is 0 Å². The van der Waals surface area contributed by atoms with E-state index in [1.54, 1.807) is 0 Å². The summed E-state index contributed by atoms with van der Waals surface area (Å²) in [6.07, 6.45) is 1.31. The lowest BCUT2D eigenvalue weighted by Crippen LogP contribution is -2.51. The molecule has 3 N–H and O–H groups in total. The number of halogens is 1. The van der Waals surface area contributed by atoms with E-state index in [-0.39, 0.29) is 23.2 Å². The number of aromatic carboxylic acids is 1. The fourth-order valence-corrected chi connectivity index (χ4v) is 3.15. The molecule has 3 rings (SSSR count). The summed E-state index contributed by atoms with van der Waals surface area (Å²) < 4.78 is 13.5. The van der Waals surface area contributed by atoms with E-state index in [2.05, 4.69) is 0 Å². The van der Waals surface area contributed by atoms with Crippen molar-refractivity contribution >= 4 is 23.3 Å². The number of carbonyl (C=O) groups is 2. The molecule has 0 bridgehead atoms. The zero-order valence-corrected chi connectivity index (χ0v) is 11.4. The highest BCUT2D eigenvalue weighted by Gasteiger charge is 2.36. The number of nitrogens with two attached hydrogens (primary N) is 1. The number of hydrogen-bond acceptors (Lipinski definition) is 4. The molecule has 0 aliphatic carbocycles. The molecule has 2 aliphatic rings. The number of piperazine rings is 1. The second-order valence-electron chi connectivity index (χ2n) is 5.39. The minimum Gasteiger partial charge on any atom is -0.478 e. The lowest BCUT2D eigenvalue weighted by atomic mass is 10.1. The van der Waals surface area contributed by atoms with Crippen molar-refractivity contribution in [3.63, 3.8) is 0 Å². The van der Waals surface area contributed by atoms with Crippen LogP contribution in [0.1, 0.15) is 23.2 Å². The van der Waals surface area contributed by atoms with Crippen LogP contribution in [0.2, 0.25) is 0 Å². The van der Waals surface area contributed by atoms with Crippen LogP contribution in [0.25, 0.3) is 0 Å². The van der Waals surface area contributed by atoms with Gasteiger partial charge in [0.2, 0.25) is 5.91 Å². The smallest absolute Gasteiger partial charge is 0.340 e. The van der Waals surface area contributed by atoms with E-state index >= 15 is 0 Å². The number of benzene rings is 1. The van der Waals surface area contributed by atoms with E-state index in [0.29, 0.717) is 31.7 Å². The molecule has 112 valence electrons. The monoisotopic (exact) mass is 293 g/mol. The van der Waals surface area contributed by atoms with Crippen molar-refractivity contribution in [3.8, 4) is 0 Å². The third-order valence-electron chi connectivity index (χ3n) is 4.22. The molecule has 0 aromatic heterocycles. The van der Waals surface area contributed by atoms with Gasteiger partial charge in [0.1, 0.15) is 11.4 Å². The Hall–Kier alpha value is -2.31. The van der Waals surface area contributed by atoms with Gasteiger partial charge in [-0.05, 0) is 18.6 Å². The minimum absolute atomic E-state index is 0.0965. The van der Waals surface area contributed by atoms with Crippen molar-refractivity contribution in [3.05, 3.63) is 23.5 Å². The van der Waals surface area contributed by atoms with Crippen LogP contribution in [-0.4, -0.2) is 47.6 Å². The van der Waals surface area contributed by atoms with Gasteiger partial charge in [-0.3, -0.25) is 4.79 Å². The molecule has 1 amide bonds. The van der Waals surface area contributed by atoms with Gasteiger partial charge in [-0.25, -0.2) is 9.18 Å². The van der Waals surface area contributed by atoms with Gasteiger partial charge in [0, 0.05) is 32.1 Å². The Balaban J connectivity index is 1.93. The van der Waals surface area contributed by atoms with Crippen molar-refractivity contribution in [2.45, 2.75) is 18.9 Å². The molecule has 1 unspecified atom stereocenters. The molecule has 2 aliphatic heterocycles. The number of amides is 1. The van der Waals surface area contributed by atoms with Crippen LogP contribution in [0.5, 0.6) is 0 Å². The summed E-state index contributed by atoms with van der Waals surface area (Å²) in [6, 6.07) is 2.73. The minimum atomic E-state index is -1.24. The highest BCUT2D eigenvalue weighted by Crippen LogP contribution is 2.32. The molecule has 0 radical (unpaired) electrons. The first-order valence-electron chi connectivity index (χ1n) is 6.84. The van der Waals surface area contributed by atoms with Gasteiger partial charge in [-0.2, -0.15) is 0 Å². The predicted octanol–water partition coefficient (Wildman–Crippen LogP) is 0.917. The van der Waals surface area contributed by atoms with Crippen molar-refractivity contribution in [2.75, 3.05) is 30.3 Å². The number of fused-ring (bicyclic) bond motifs is 1. The van der Waals surface area contributed by atoms with Crippen molar-refractivity contribution < 1.29 is 19.1 Å². The van der Waals surface area contributed by atoms with E-state index in [9.17, 15) is 19.1 Å². The van der Waals surface area contributed by atoms with Gasteiger partial charge < -0.3 is 20.6 Å². The number of hydrogen-bond donors (Lipinski definition) is 2. The van der Waals surface area contributed by atoms with E-state index in [0.717, 1.165) is 6.42 Å². The van der Waals surface area contributed by atoms with E-state index in [1.807, 2.05) is 9.80 Å². The lowest BCUT2D eigenvalue weighted by Gasteiger charge is -2.39. The molecule has 1 aromatic carbocycles. The van der Waals surface area contributed by atoms with Gasteiger partial charge >= 0.3 is 5.97 Å². The number of rotatable bonds is 2. The third kappa shape index (κ3) is 2.18. The normalized spacial score (nSPS) is 21.6. The number of carboxylic acids is 1. The molecule has 0 spiro atoms. The molecule has 6 nitrogen and oxygen atoms in total. The zero-order valence-electron chi connectivity index (χ0n) is 11.4. The fourth-order valence-electron chi connectivity index (χ4n) is 3.15. The van der Waals surface area contributed by atoms with Crippen LogP contribution in [0.3, 0.4) is 0 Å². The average Bonchev–Trinajstić information content (AvgIpc) is 2.82. The second-order valence-corrected chi connectivity index (χ2v) is 5.39. The molecule has 1 aromatic rings. The van der Waals surface area contributed by atoms with Crippen LogP contribution in [0, 0.1) is 5.82 Å². The highest BCUT2D eigenvalue weighted by atomic mass is 19.1. The summed E-state index contributed by atoms with van der Waals surface area (Å²) in [4.78, 5) is 26.8. The fraction of sp³-hybridized carbons (Fsp3) is 0.429. The lowest BCUT2D eigenvalue weighted by molar-refractivity contribution is -0.129. The van der Waals surface area contributed by atoms with Crippen LogP contribution < -0.4 is 10.6 Å². The standard InChI is InChI=1S/C14H16FN3O3/c15-9-2-3-10(12(13(9)16)14(20)21)17-5-6-18-8(7-17)1-4-11(18)19/h2-3,8H,1,4-7,16H2,(H,20,21). The molecular weight excluding hydrogens is 277 g/mol. The molecular formula is C14H16FN3O3. The summed E-state index contributed by atoms with van der Waals surface area (Å²) >= 11 is 0. The molecule has 1 atom stereocenters. The quantitative estimate of drug-likeness (QED) is 0.792. The molecule has 21 heavy (non-hydrogen) atoms.